The summed E-state index contributed by atoms with van der Waals surface area (Å²) in [6.45, 7) is 8.65. The molecule has 2 aromatic carbocycles. The van der Waals surface area contributed by atoms with Crippen LogP contribution in [0, 0.1) is 11.8 Å². The van der Waals surface area contributed by atoms with Gasteiger partial charge in [-0.2, -0.15) is 0 Å². The van der Waals surface area contributed by atoms with Gasteiger partial charge in [-0.3, -0.25) is 14.4 Å². The first-order chi connectivity index (χ1) is 20.3. The first kappa shape index (κ1) is 30.0. The number of likely N-dealkylation sites (tertiary alicyclic amines) is 1. The van der Waals surface area contributed by atoms with Gasteiger partial charge in [0.2, 0.25) is 17.7 Å². The number of aliphatic hydroxyl groups is 1. The number of hydrogen-bond acceptors (Lipinski definition) is 6. The Labute approximate surface area is 248 Å². The van der Waals surface area contributed by atoms with Crippen LogP contribution in [0.2, 0.25) is 0 Å². The van der Waals surface area contributed by atoms with Crippen LogP contribution >= 0.6 is 0 Å². The van der Waals surface area contributed by atoms with E-state index in [1.807, 2.05) is 61.5 Å². The molecule has 9 nitrogen and oxygen atoms in total. The lowest BCUT2D eigenvalue weighted by molar-refractivity contribution is -0.146. The Bertz CT molecular complexity index is 1270. The SMILES string of the molecule is CCN(CC)c1ccc(NC(=O)C2N(CCCCO)C(=O)[C@@H]3[C@H](C(=O)NCc4ccccc4)[C@]4(CC)CCC23O4)cc1. The van der Waals surface area contributed by atoms with E-state index in [-0.39, 0.29) is 24.3 Å². The summed E-state index contributed by atoms with van der Waals surface area (Å²) in [4.78, 5) is 45.9. The molecule has 0 saturated carbocycles. The highest BCUT2D eigenvalue weighted by atomic mass is 16.5. The van der Waals surface area contributed by atoms with Crippen LogP contribution in [-0.2, 0) is 25.7 Å². The predicted octanol–water partition coefficient (Wildman–Crippen LogP) is 3.72. The minimum atomic E-state index is -1.08. The van der Waals surface area contributed by atoms with Crippen molar-refractivity contribution in [3.63, 3.8) is 0 Å². The molecule has 42 heavy (non-hydrogen) atoms. The maximum absolute atomic E-state index is 14.2. The van der Waals surface area contributed by atoms with E-state index in [2.05, 4.69) is 29.4 Å². The standard InChI is InChI=1S/C33H44N4O5/c1-4-32-18-19-33(42-32)27(26(32)29(39)34-22-23-12-8-7-9-13-23)31(41)37(20-10-11-21-38)28(33)30(40)35-24-14-16-25(17-15-24)36(5-2)6-3/h7-9,12-17,26-28,38H,4-6,10-11,18-22H2,1-3H3,(H,34,39)(H,35,40)/t26-,27+,28?,32+,33?/m1/s1. The first-order valence-corrected chi connectivity index (χ1v) is 15.4. The van der Waals surface area contributed by atoms with Gasteiger partial charge in [0.15, 0.2) is 0 Å². The van der Waals surface area contributed by atoms with Gasteiger partial charge in [-0.25, -0.2) is 0 Å². The fourth-order valence-electron chi connectivity index (χ4n) is 7.50. The van der Waals surface area contributed by atoms with Gasteiger partial charge in [-0.05, 0) is 75.8 Å². The van der Waals surface area contributed by atoms with Gasteiger partial charge < -0.3 is 30.3 Å². The third-order valence-electron chi connectivity index (χ3n) is 9.59. The van der Waals surface area contributed by atoms with Gasteiger partial charge in [0.25, 0.3) is 0 Å². The molecule has 9 heteroatoms. The van der Waals surface area contributed by atoms with E-state index >= 15 is 0 Å². The average Bonchev–Trinajstić information content (AvgIpc) is 3.61. The lowest BCUT2D eigenvalue weighted by Crippen LogP contribution is -2.53. The number of fused-ring (bicyclic) bond motifs is 1. The minimum Gasteiger partial charge on any atom is -0.396 e. The van der Waals surface area contributed by atoms with Gasteiger partial charge in [0, 0.05) is 44.2 Å². The number of benzene rings is 2. The zero-order valence-corrected chi connectivity index (χ0v) is 25.0. The van der Waals surface area contributed by atoms with Crippen LogP contribution in [0.15, 0.2) is 54.6 Å². The first-order valence-electron chi connectivity index (χ1n) is 15.4. The van der Waals surface area contributed by atoms with Crippen molar-refractivity contribution >= 4 is 29.1 Å². The Morgan fingerprint density at radius 1 is 1.00 bits per heavy atom. The van der Waals surface area contributed by atoms with Crippen LogP contribution < -0.4 is 15.5 Å². The summed E-state index contributed by atoms with van der Waals surface area (Å²) in [6.07, 6.45) is 2.80. The monoisotopic (exact) mass is 576 g/mol. The maximum atomic E-state index is 14.2. The molecule has 5 atom stereocenters. The van der Waals surface area contributed by atoms with E-state index in [1.165, 1.54) is 0 Å². The molecular formula is C33H44N4O5. The number of rotatable bonds is 13. The van der Waals surface area contributed by atoms with Gasteiger partial charge in [0.05, 0.1) is 17.4 Å². The van der Waals surface area contributed by atoms with E-state index in [0.29, 0.717) is 50.9 Å². The second kappa shape index (κ2) is 12.4. The maximum Gasteiger partial charge on any atom is 0.250 e. The van der Waals surface area contributed by atoms with Crippen LogP contribution in [0.1, 0.15) is 58.4 Å². The summed E-state index contributed by atoms with van der Waals surface area (Å²) in [5.74, 6) is -2.14. The Hall–Kier alpha value is -3.43. The highest BCUT2D eigenvalue weighted by Crippen LogP contribution is 2.64. The van der Waals surface area contributed by atoms with Crippen LogP contribution in [0.25, 0.3) is 0 Å². The molecule has 2 aromatic rings. The summed E-state index contributed by atoms with van der Waals surface area (Å²) in [6, 6.07) is 16.6. The van der Waals surface area contributed by atoms with Crippen molar-refractivity contribution in [1.29, 1.82) is 0 Å². The number of unbranched alkanes of at least 4 members (excludes halogenated alkanes) is 1. The van der Waals surface area contributed by atoms with Gasteiger partial charge in [-0.15, -0.1) is 0 Å². The molecule has 3 saturated heterocycles. The fourth-order valence-corrected chi connectivity index (χ4v) is 7.50. The lowest BCUT2D eigenvalue weighted by Gasteiger charge is -2.34. The molecule has 0 aliphatic carbocycles. The number of carbonyl (C=O) groups excluding carboxylic acids is 3. The number of nitrogens with zero attached hydrogens (tertiary/aromatic N) is 2. The molecule has 0 radical (unpaired) electrons. The Balaban J connectivity index is 1.43. The number of hydrogen-bond donors (Lipinski definition) is 3. The normalized spacial score (nSPS) is 27.7. The summed E-state index contributed by atoms with van der Waals surface area (Å²) in [5.41, 5.74) is 0.829. The van der Waals surface area contributed by atoms with E-state index in [4.69, 9.17) is 4.74 Å². The second-order valence-electron chi connectivity index (χ2n) is 11.7. The third kappa shape index (κ3) is 5.17. The van der Waals surface area contributed by atoms with Crippen molar-refractivity contribution in [2.24, 2.45) is 11.8 Å². The van der Waals surface area contributed by atoms with E-state index in [9.17, 15) is 19.5 Å². The number of nitrogens with one attached hydrogen (secondary N) is 2. The molecule has 2 unspecified atom stereocenters. The van der Waals surface area contributed by atoms with Crippen LogP contribution in [0.5, 0.6) is 0 Å². The fraction of sp³-hybridized carbons (Fsp3) is 0.545. The number of carbonyl (C=O) groups is 3. The number of anilines is 2. The zero-order chi connectivity index (χ0) is 29.9. The molecular weight excluding hydrogens is 532 g/mol. The molecule has 3 fully saturated rings. The molecule has 3 N–H and O–H groups in total. The largest absolute Gasteiger partial charge is 0.396 e. The molecule has 3 heterocycles. The van der Waals surface area contributed by atoms with E-state index in [1.54, 1.807) is 4.90 Å². The van der Waals surface area contributed by atoms with Gasteiger partial charge >= 0.3 is 0 Å². The van der Waals surface area contributed by atoms with Crippen molar-refractivity contribution in [3.8, 4) is 0 Å². The zero-order valence-electron chi connectivity index (χ0n) is 25.0. The lowest BCUT2D eigenvalue weighted by atomic mass is 9.65. The van der Waals surface area contributed by atoms with E-state index < -0.39 is 29.1 Å². The van der Waals surface area contributed by atoms with Crippen molar-refractivity contribution in [2.75, 3.05) is 36.5 Å². The smallest absolute Gasteiger partial charge is 0.250 e. The molecule has 3 aliphatic heterocycles. The quantitative estimate of drug-likeness (QED) is 0.314. The highest BCUT2D eigenvalue weighted by Gasteiger charge is 2.78. The predicted molar refractivity (Wildman–Crippen MR) is 162 cm³/mol. The summed E-state index contributed by atoms with van der Waals surface area (Å²) in [5, 5.41) is 15.5. The molecule has 226 valence electrons. The summed E-state index contributed by atoms with van der Waals surface area (Å²) in [7, 11) is 0. The molecule has 3 amide bonds. The molecule has 1 spiro atoms. The number of aliphatic hydroxyl groups excluding tert-OH is 1. The van der Waals surface area contributed by atoms with Crippen molar-refractivity contribution in [3.05, 3.63) is 60.2 Å². The van der Waals surface area contributed by atoms with Gasteiger partial charge in [0.1, 0.15) is 11.6 Å². The second-order valence-corrected chi connectivity index (χ2v) is 11.7. The van der Waals surface area contributed by atoms with Crippen molar-refractivity contribution in [2.45, 2.75) is 76.7 Å². The average molecular weight is 577 g/mol. The number of ether oxygens (including phenoxy) is 1. The number of amides is 3. The van der Waals surface area contributed by atoms with Crippen LogP contribution in [-0.4, -0.2) is 71.2 Å². The molecule has 2 bridgehead atoms. The minimum absolute atomic E-state index is 0.00626. The highest BCUT2D eigenvalue weighted by molar-refractivity contribution is 6.03. The van der Waals surface area contributed by atoms with E-state index in [0.717, 1.165) is 24.3 Å². The van der Waals surface area contributed by atoms with Crippen LogP contribution in [0.3, 0.4) is 0 Å². The molecule has 5 rings (SSSR count). The van der Waals surface area contributed by atoms with Crippen molar-refractivity contribution < 1.29 is 24.2 Å². The summed E-state index contributed by atoms with van der Waals surface area (Å²) < 4.78 is 6.82. The Kier molecular flexibility index (Phi) is 8.89. The Morgan fingerprint density at radius 2 is 1.71 bits per heavy atom. The van der Waals surface area contributed by atoms with Crippen LogP contribution in [0.4, 0.5) is 11.4 Å². The molecule has 3 aliphatic rings. The topological polar surface area (TPSA) is 111 Å². The Morgan fingerprint density at radius 3 is 2.36 bits per heavy atom. The summed E-state index contributed by atoms with van der Waals surface area (Å²) >= 11 is 0. The van der Waals surface area contributed by atoms with Gasteiger partial charge in [-0.1, -0.05) is 37.3 Å². The third-order valence-corrected chi connectivity index (χ3v) is 9.59. The van der Waals surface area contributed by atoms with Crippen molar-refractivity contribution in [1.82, 2.24) is 10.2 Å². The molecule has 0 aromatic heterocycles.